The third-order valence-corrected chi connectivity index (χ3v) is 5.91. The number of anilines is 1. The molecule has 0 fully saturated rings. The van der Waals surface area contributed by atoms with Crippen LogP contribution < -0.4 is 9.04 Å². The van der Waals surface area contributed by atoms with Crippen molar-refractivity contribution < 1.29 is 22.7 Å². The van der Waals surface area contributed by atoms with Crippen molar-refractivity contribution in [3.63, 3.8) is 0 Å². The third kappa shape index (κ3) is 3.96. The Hall–Kier alpha value is -2.06. The maximum absolute atomic E-state index is 12.9. The first-order chi connectivity index (χ1) is 11.8. The van der Waals surface area contributed by atoms with Crippen LogP contribution in [0, 0.1) is 0 Å². The second-order valence-corrected chi connectivity index (χ2v) is 7.83. The SMILES string of the molecule is CCOC(=O)c1ccccc1N(C)S(=O)(=O)c1ccc(OC)c(Br)c1. The quantitative estimate of drug-likeness (QED) is 0.659. The van der Waals surface area contributed by atoms with E-state index in [1.165, 1.54) is 32.4 Å². The maximum atomic E-state index is 12.9. The molecule has 6 nitrogen and oxygen atoms in total. The Morgan fingerprint density at radius 2 is 1.88 bits per heavy atom. The Balaban J connectivity index is 2.48. The molecule has 25 heavy (non-hydrogen) atoms. The second-order valence-electron chi connectivity index (χ2n) is 5.01. The molecule has 0 unspecified atom stereocenters. The lowest BCUT2D eigenvalue weighted by Crippen LogP contribution is -2.28. The number of carbonyl (C=O) groups excluding carboxylic acids is 1. The first kappa shape index (κ1) is 19.3. The summed E-state index contributed by atoms with van der Waals surface area (Å²) in [7, 11) is -0.980. The number of esters is 1. The number of hydrogen-bond acceptors (Lipinski definition) is 5. The topological polar surface area (TPSA) is 72.9 Å². The fourth-order valence-corrected chi connectivity index (χ4v) is 4.16. The molecule has 0 N–H and O–H groups in total. The van der Waals surface area contributed by atoms with Crippen LogP contribution in [-0.2, 0) is 14.8 Å². The van der Waals surface area contributed by atoms with Gasteiger partial charge in [-0.25, -0.2) is 13.2 Å². The van der Waals surface area contributed by atoms with Crippen molar-refractivity contribution in [1.82, 2.24) is 0 Å². The number of methoxy groups -OCH3 is 1. The smallest absolute Gasteiger partial charge is 0.340 e. The number of halogens is 1. The molecule has 8 heteroatoms. The van der Waals surface area contributed by atoms with Crippen LogP contribution in [0.25, 0.3) is 0 Å². The van der Waals surface area contributed by atoms with Crippen molar-refractivity contribution in [2.24, 2.45) is 0 Å². The van der Waals surface area contributed by atoms with Gasteiger partial charge in [-0.05, 0) is 53.2 Å². The minimum atomic E-state index is -3.87. The largest absolute Gasteiger partial charge is 0.496 e. The van der Waals surface area contributed by atoms with Crippen molar-refractivity contribution in [3.8, 4) is 5.75 Å². The van der Waals surface area contributed by atoms with Gasteiger partial charge >= 0.3 is 5.97 Å². The highest BCUT2D eigenvalue weighted by Crippen LogP contribution is 2.31. The zero-order valence-corrected chi connectivity index (χ0v) is 16.4. The molecular formula is C17H18BrNO5S. The van der Waals surface area contributed by atoms with Crippen molar-refractivity contribution in [2.45, 2.75) is 11.8 Å². The normalized spacial score (nSPS) is 11.0. The van der Waals surface area contributed by atoms with Crippen LogP contribution in [0.3, 0.4) is 0 Å². The van der Waals surface area contributed by atoms with Crippen LogP contribution >= 0.6 is 15.9 Å². The molecule has 0 amide bonds. The summed E-state index contributed by atoms with van der Waals surface area (Å²) in [6.45, 7) is 1.89. The molecule has 2 aromatic carbocycles. The average Bonchev–Trinajstić information content (AvgIpc) is 2.61. The number of nitrogens with zero attached hydrogens (tertiary/aromatic N) is 1. The van der Waals surface area contributed by atoms with Crippen LogP contribution in [-0.4, -0.2) is 35.2 Å². The lowest BCUT2D eigenvalue weighted by Gasteiger charge is -2.22. The summed E-state index contributed by atoms with van der Waals surface area (Å²) in [6, 6.07) is 10.9. The number of rotatable bonds is 6. The van der Waals surface area contributed by atoms with E-state index in [4.69, 9.17) is 9.47 Å². The number of para-hydroxylation sites is 1. The number of hydrogen-bond donors (Lipinski definition) is 0. The minimum absolute atomic E-state index is 0.0707. The van der Waals surface area contributed by atoms with Gasteiger partial charge in [-0.3, -0.25) is 4.31 Å². The van der Waals surface area contributed by atoms with E-state index in [1.54, 1.807) is 31.2 Å². The zero-order chi connectivity index (χ0) is 18.6. The molecule has 0 spiro atoms. The van der Waals surface area contributed by atoms with Crippen LogP contribution in [0.4, 0.5) is 5.69 Å². The molecule has 0 aliphatic heterocycles. The Bertz CT molecular complexity index is 882. The second kappa shape index (κ2) is 7.88. The third-order valence-electron chi connectivity index (χ3n) is 3.52. The van der Waals surface area contributed by atoms with Gasteiger partial charge in [0, 0.05) is 7.05 Å². The van der Waals surface area contributed by atoms with Gasteiger partial charge < -0.3 is 9.47 Å². The van der Waals surface area contributed by atoms with Crippen LogP contribution in [0.2, 0.25) is 0 Å². The Morgan fingerprint density at radius 3 is 2.48 bits per heavy atom. The summed E-state index contributed by atoms with van der Waals surface area (Å²) in [5.41, 5.74) is 0.427. The van der Waals surface area contributed by atoms with Gasteiger partial charge in [0.15, 0.2) is 0 Å². The van der Waals surface area contributed by atoms with E-state index in [1.807, 2.05) is 0 Å². The van der Waals surface area contributed by atoms with Crippen LogP contribution in [0.15, 0.2) is 51.8 Å². The summed E-state index contributed by atoms with van der Waals surface area (Å²) in [6.07, 6.45) is 0. The van der Waals surface area contributed by atoms with Crippen LogP contribution in [0.5, 0.6) is 5.75 Å². The van der Waals surface area contributed by atoms with Crippen molar-refractivity contribution >= 4 is 37.6 Å². The van der Waals surface area contributed by atoms with Gasteiger partial charge in [-0.1, -0.05) is 12.1 Å². The predicted octanol–water partition coefficient (Wildman–Crippen LogP) is 3.46. The summed E-state index contributed by atoms with van der Waals surface area (Å²) in [4.78, 5) is 12.2. The van der Waals surface area contributed by atoms with Crippen molar-refractivity contribution in [3.05, 3.63) is 52.5 Å². The molecule has 2 aromatic rings. The van der Waals surface area contributed by atoms with E-state index in [-0.39, 0.29) is 22.8 Å². The maximum Gasteiger partial charge on any atom is 0.340 e. The molecule has 0 bridgehead atoms. The molecule has 0 heterocycles. The Kier molecular flexibility index (Phi) is 6.07. The molecule has 0 saturated heterocycles. The van der Waals surface area contributed by atoms with Gasteiger partial charge in [0.25, 0.3) is 10.0 Å². The molecule has 0 radical (unpaired) electrons. The number of sulfonamides is 1. The van der Waals surface area contributed by atoms with E-state index in [0.717, 1.165) is 4.31 Å². The fourth-order valence-electron chi connectivity index (χ4n) is 2.22. The first-order valence-electron chi connectivity index (χ1n) is 7.41. The molecule has 0 aliphatic carbocycles. The van der Waals surface area contributed by atoms with Gasteiger partial charge in [-0.2, -0.15) is 0 Å². The lowest BCUT2D eigenvalue weighted by molar-refractivity contribution is 0.0527. The van der Waals surface area contributed by atoms with Gasteiger partial charge in [0.1, 0.15) is 5.75 Å². The number of ether oxygens (including phenoxy) is 2. The molecule has 134 valence electrons. The van der Waals surface area contributed by atoms with Gasteiger partial charge in [0.05, 0.1) is 34.3 Å². The molecular weight excluding hydrogens is 410 g/mol. The fraction of sp³-hybridized carbons (Fsp3) is 0.235. The Morgan fingerprint density at radius 1 is 1.20 bits per heavy atom. The lowest BCUT2D eigenvalue weighted by atomic mass is 10.2. The highest BCUT2D eigenvalue weighted by molar-refractivity contribution is 9.10. The van der Waals surface area contributed by atoms with E-state index in [0.29, 0.717) is 10.2 Å². The molecule has 0 saturated carbocycles. The summed E-state index contributed by atoms with van der Waals surface area (Å²) in [5, 5.41) is 0. The molecule has 2 rings (SSSR count). The standard InChI is InChI=1S/C17H18BrNO5S/c1-4-24-17(20)13-7-5-6-8-15(13)19(2)25(21,22)12-9-10-16(23-3)14(18)11-12/h5-11H,4H2,1-3H3. The highest BCUT2D eigenvalue weighted by atomic mass is 79.9. The van der Waals surface area contributed by atoms with E-state index < -0.39 is 16.0 Å². The Labute approximate surface area is 155 Å². The average molecular weight is 428 g/mol. The summed E-state index contributed by atoms with van der Waals surface area (Å²) >= 11 is 3.28. The molecule has 0 aliphatic rings. The van der Waals surface area contributed by atoms with Crippen LogP contribution in [0.1, 0.15) is 17.3 Å². The van der Waals surface area contributed by atoms with E-state index in [2.05, 4.69) is 15.9 Å². The summed E-state index contributed by atoms with van der Waals surface area (Å²) < 4.78 is 37.6. The predicted molar refractivity (Wildman–Crippen MR) is 98.7 cm³/mol. The van der Waals surface area contributed by atoms with Gasteiger partial charge in [0.2, 0.25) is 0 Å². The highest BCUT2D eigenvalue weighted by Gasteiger charge is 2.26. The zero-order valence-electron chi connectivity index (χ0n) is 14.0. The van der Waals surface area contributed by atoms with Gasteiger partial charge in [-0.15, -0.1) is 0 Å². The first-order valence-corrected chi connectivity index (χ1v) is 9.64. The van der Waals surface area contributed by atoms with E-state index in [9.17, 15) is 13.2 Å². The molecule has 0 atom stereocenters. The van der Waals surface area contributed by atoms with E-state index >= 15 is 0 Å². The number of carbonyl (C=O) groups is 1. The molecule has 0 aromatic heterocycles. The van der Waals surface area contributed by atoms with Crippen molar-refractivity contribution in [2.75, 3.05) is 25.1 Å². The minimum Gasteiger partial charge on any atom is -0.496 e. The number of benzene rings is 2. The van der Waals surface area contributed by atoms with Crippen molar-refractivity contribution in [1.29, 1.82) is 0 Å². The monoisotopic (exact) mass is 427 g/mol. The summed E-state index contributed by atoms with van der Waals surface area (Å²) in [5.74, 6) is -0.0513.